The molecule has 0 bridgehead atoms. The van der Waals surface area contributed by atoms with Gasteiger partial charge in [0.2, 0.25) is 0 Å². The smallest absolute Gasteiger partial charge is 0.311 e. The fourth-order valence-corrected chi connectivity index (χ4v) is 6.61. The second-order valence-electron chi connectivity index (χ2n) is 13.9. The lowest BCUT2D eigenvalue weighted by Crippen LogP contribution is -2.28. The van der Waals surface area contributed by atoms with E-state index >= 15 is 0 Å². The minimum atomic E-state index is -0.498. The lowest BCUT2D eigenvalue weighted by atomic mass is 9.67. The summed E-state index contributed by atoms with van der Waals surface area (Å²) in [5, 5.41) is 8.77. The van der Waals surface area contributed by atoms with Gasteiger partial charge in [-0.2, -0.15) is 0 Å². The number of aliphatic hydroxyl groups is 1. The van der Waals surface area contributed by atoms with Gasteiger partial charge in [0.15, 0.2) is 0 Å². The lowest BCUT2D eigenvalue weighted by Gasteiger charge is -2.38. The second kappa shape index (κ2) is 17.3. The molecule has 0 amide bonds. The summed E-state index contributed by atoms with van der Waals surface area (Å²) < 4.78 is 10.6. The molecule has 0 aliphatic heterocycles. The van der Waals surface area contributed by atoms with Gasteiger partial charge in [-0.05, 0) is 97.4 Å². The number of carbonyl (C=O) groups is 2. The van der Waals surface area contributed by atoms with Gasteiger partial charge < -0.3 is 14.6 Å². The molecule has 0 fully saturated rings. The Hall–Kier alpha value is -1.88. The van der Waals surface area contributed by atoms with Gasteiger partial charge in [-0.25, -0.2) is 0 Å². The molecule has 0 heterocycles. The molecule has 41 heavy (non-hydrogen) atoms. The summed E-state index contributed by atoms with van der Waals surface area (Å²) in [5.74, 6) is 2.23. The highest BCUT2D eigenvalue weighted by Gasteiger charge is 2.33. The van der Waals surface area contributed by atoms with E-state index < -0.39 is 11.9 Å². The maximum atomic E-state index is 12.5. The van der Waals surface area contributed by atoms with E-state index in [1.54, 1.807) is 0 Å². The van der Waals surface area contributed by atoms with Crippen molar-refractivity contribution in [1.29, 1.82) is 0 Å². The first-order valence-corrected chi connectivity index (χ1v) is 16.5. The number of hydrogen-bond donors (Lipinski definition) is 1. The Kier molecular flexibility index (Phi) is 14.9. The summed E-state index contributed by atoms with van der Waals surface area (Å²) in [6.07, 6.45) is 15.3. The van der Waals surface area contributed by atoms with Gasteiger partial charge in [0.1, 0.15) is 12.4 Å². The Morgan fingerprint density at radius 3 is 2.00 bits per heavy atom. The quantitative estimate of drug-likeness (QED) is 0.141. The second-order valence-corrected chi connectivity index (χ2v) is 13.9. The topological polar surface area (TPSA) is 72.8 Å². The number of rotatable bonds is 18. The molecule has 3 atom stereocenters. The van der Waals surface area contributed by atoms with Gasteiger partial charge in [-0.3, -0.25) is 9.59 Å². The van der Waals surface area contributed by atoms with E-state index in [4.69, 9.17) is 14.6 Å². The van der Waals surface area contributed by atoms with Crippen LogP contribution in [0.15, 0.2) is 0 Å². The molecule has 3 unspecified atom stereocenters. The van der Waals surface area contributed by atoms with Crippen LogP contribution in [0.3, 0.4) is 0 Å². The third-order valence-electron chi connectivity index (χ3n) is 9.55. The first-order chi connectivity index (χ1) is 19.4. The van der Waals surface area contributed by atoms with E-state index in [2.05, 4.69) is 48.5 Å². The normalized spacial score (nSPS) is 18.2. The van der Waals surface area contributed by atoms with Crippen molar-refractivity contribution in [1.82, 2.24) is 0 Å². The molecule has 1 aliphatic carbocycles. The molecule has 0 spiro atoms. The van der Waals surface area contributed by atoms with Crippen molar-refractivity contribution in [3.05, 3.63) is 27.8 Å². The largest absolute Gasteiger partial charge is 0.463 e. The van der Waals surface area contributed by atoms with E-state index in [0.29, 0.717) is 11.2 Å². The molecule has 1 aromatic rings. The zero-order chi connectivity index (χ0) is 30.6. The first-order valence-electron chi connectivity index (χ1n) is 16.5. The summed E-state index contributed by atoms with van der Waals surface area (Å²) in [6.45, 7) is 18.0. The number of ether oxygens (including phenoxy) is 2. The molecule has 5 heteroatoms. The Morgan fingerprint density at radius 2 is 1.39 bits per heavy atom. The van der Waals surface area contributed by atoms with Crippen LogP contribution in [-0.4, -0.2) is 30.3 Å². The van der Waals surface area contributed by atoms with Gasteiger partial charge in [0.05, 0.1) is 19.4 Å². The monoisotopic (exact) mass is 572 g/mol. The van der Waals surface area contributed by atoms with Gasteiger partial charge in [-0.1, -0.05) is 86.0 Å². The van der Waals surface area contributed by atoms with Crippen LogP contribution in [0.5, 0.6) is 5.75 Å². The summed E-state index contributed by atoms with van der Waals surface area (Å²) in [6, 6.07) is 0. The Labute approximate surface area is 251 Å². The molecule has 234 valence electrons. The van der Waals surface area contributed by atoms with Crippen molar-refractivity contribution < 1.29 is 24.2 Å². The molecule has 5 nitrogen and oxygen atoms in total. The van der Waals surface area contributed by atoms with Crippen molar-refractivity contribution in [2.45, 2.75) is 145 Å². The highest BCUT2D eigenvalue weighted by atomic mass is 16.5. The summed E-state index contributed by atoms with van der Waals surface area (Å²) in [4.78, 5) is 24.2. The van der Waals surface area contributed by atoms with Crippen LogP contribution >= 0.6 is 0 Å². The predicted octanol–water partition coefficient (Wildman–Crippen LogP) is 8.77. The minimum Gasteiger partial charge on any atom is -0.463 e. The summed E-state index contributed by atoms with van der Waals surface area (Å²) in [7, 11) is 0. The van der Waals surface area contributed by atoms with Crippen molar-refractivity contribution >= 4 is 11.9 Å². The Bertz CT molecular complexity index is 981. The fraction of sp³-hybridized carbons (Fsp3) is 0.778. The van der Waals surface area contributed by atoms with Crippen LogP contribution in [0.25, 0.3) is 0 Å². The molecule has 0 saturated carbocycles. The zero-order valence-electron chi connectivity index (χ0n) is 27.6. The van der Waals surface area contributed by atoms with E-state index in [0.717, 1.165) is 48.1 Å². The van der Waals surface area contributed by atoms with Gasteiger partial charge in [-0.15, -0.1) is 0 Å². The first kappa shape index (κ1) is 35.3. The standard InChI is InChI=1S/C36H60O5/c1-25(2)12-9-13-26(3)14-10-15-27(4)16-11-20-36(8)21-19-31-30(7)35(29(6)28(5)32(31)24-36)41-34(39)18-17-33(38)40-23-22-37/h25-27,37H,9-24H2,1-8H3. The average molecular weight is 573 g/mol. The lowest BCUT2D eigenvalue weighted by molar-refractivity contribution is -0.147. The number of hydrogen-bond acceptors (Lipinski definition) is 5. The van der Waals surface area contributed by atoms with Gasteiger partial charge >= 0.3 is 11.9 Å². The molecule has 1 N–H and O–H groups in total. The summed E-state index contributed by atoms with van der Waals surface area (Å²) in [5.41, 5.74) is 6.42. The van der Waals surface area contributed by atoms with Crippen LogP contribution in [0.4, 0.5) is 0 Å². The SMILES string of the molecule is Cc1c(C)c(OC(=O)CCC(=O)OCCO)c(C)c2c1CC(C)(CCCC(C)CCCC(C)CCCC(C)C)CC2. The summed E-state index contributed by atoms with van der Waals surface area (Å²) >= 11 is 0. The van der Waals surface area contributed by atoms with Gasteiger partial charge in [0, 0.05) is 0 Å². The number of fused-ring (bicyclic) bond motifs is 1. The van der Waals surface area contributed by atoms with Gasteiger partial charge in [0.25, 0.3) is 0 Å². The van der Waals surface area contributed by atoms with E-state index in [1.807, 2.05) is 6.92 Å². The van der Waals surface area contributed by atoms with Crippen molar-refractivity contribution in [2.75, 3.05) is 13.2 Å². The van der Waals surface area contributed by atoms with Crippen molar-refractivity contribution in [3.8, 4) is 5.75 Å². The third-order valence-corrected chi connectivity index (χ3v) is 9.55. The van der Waals surface area contributed by atoms with Crippen molar-refractivity contribution in [2.24, 2.45) is 23.2 Å². The number of benzene rings is 1. The molecule has 0 saturated heterocycles. The van der Waals surface area contributed by atoms with Crippen molar-refractivity contribution in [3.63, 3.8) is 0 Å². The Balaban J connectivity index is 1.86. The van der Waals surface area contributed by atoms with Crippen LogP contribution < -0.4 is 4.74 Å². The number of carbonyl (C=O) groups excluding carboxylic acids is 2. The van der Waals surface area contributed by atoms with E-state index in [1.165, 1.54) is 74.5 Å². The zero-order valence-corrected chi connectivity index (χ0v) is 27.6. The maximum Gasteiger partial charge on any atom is 0.311 e. The average Bonchev–Trinajstić information content (AvgIpc) is 2.91. The van der Waals surface area contributed by atoms with E-state index in [9.17, 15) is 9.59 Å². The van der Waals surface area contributed by atoms with Crippen LogP contribution in [-0.2, 0) is 27.2 Å². The van der Waals surface area contributed by atoms with Crippen LogP contribution in [0.1, 0.15) is 139 Å². The molecular formula is C36H60O5. The van der Waals surface area contributed by atoms with E-state index in [-0.39, 0.29) is 26.1 Å². The van der Waals surface area contributed by atoms with Crippen LogP contribution in [0, 0.1) is 43.9 Å². The van der Waals surface area contributed by atoms with Crippen LogP contribution in [0.2, 0.25) is 0 Å². The molecule has 0 radical (unpaired) electrons. The third kappa shape index (κ3) is 11.7. The molecule has 1 aliphatic rings. The molecular weight excluding hydrogens is 512 g/mol. The highest BCUT2D eigenvalue weighted by molar-refractivity contribution is 5.79. The predicted molar refractivity (Wildman–Crippen MR) is 168 cm³/mol. The maximum absolute atomic E-state index is 12.5. The molecule has 2 rings (SSSR count). The Morgan fingerprint density at radius 1 is 0.805 bits per heavy atom. The number of aliphatic hydroxyl groups excluding tert-OH is 1. The minimum absolute atomic E-state index is 0.0346. The fourth-order valence-electron chi connectivity index (χ4n) is 6.61. The number of esters is 2. The highest BCUT2D eigenvalue weighted by Crippen LogP contribution is 2.45. The molecule has 1 aromatic carbocycles. The molecule has 0 aromatic heterocycles.